The molecule has 1 saturated heterocycles. The molecule has 5 heteroatoms. The number of halogens is 1. The number of β-amino-alcohol motifs (C(OH)–C–C–N with tert-alkyl or cyclic N) is 1. The predicted octanol–water partition coefficient (Wildman–Crippen LogP) is 0.963. The molecule has 1 amide bonds. The molecule has 0 spiro atoms. The molecule has 1 aromatic rings. The number of aliphatic hydroxyl groups is 1. The van der Waals surface area contributed by atoms with Crippen molar-refractivity contribution in [2.24, 2.45) is 0 Å². The number of aliphatic hydroxyl groups excluding tert-OH is 1. The van der Waals surface area contributed by atoms with E-state index in [2.05, 4.69) is 0 Å². The van der Waals surface area contributed by atoms with Crippen LogP contribution in [0.4, 0.5) is 4.39 Å². The summed E-state index contributed by atoms with van der Waals surface area (Å²) in [5.41, 5.74) is 0.0698. The molecule has 19 heavy (non-hydrogen) atoms. The molecule has 2 atom stereocenters. The SMILES string of the molecule is CN(C)CC1CC(O)CN1C(=O)c1ccccc1F. The maximum atomic E-state index is 13.7. The van der Waals surface area contributed by atoms with Gasteiger partial charge in [-0.1, -0.05) is 12.1 Å². The van der Waals surface area contributed by atoms with Crippen molar-refractivity contribution in [3.63, 3.8) is 0 Å². The van der Waals surface area contributed by atoms with Crippen LogP contribution in [0.1, 0.15) is 16.8 Å². The number of benzene rings is 1. The summed E-state index contributed by atoms with van der Waals surface area (Å²) < 4.78 is 13.7. The fraction of sp³-hybridized carbons (Fsp3) is 0.500. The van der Waals surface area contributed by atoms with E-state index in [0.717, 1.165) is 0 Å². The van der Waals surface area contributed by atoms with Crippen LogP contribution < -0.4 is 0 Å². The van der Waals surface area contributed by atoms with Crippen molar-refractivity contribution in [3.8, 4) is 0 Å². The Morgan fingerprint density at radius 1 is 1.47 bits per heavy atom. The molecular weight excluding hydrogens is 247 g/mol. The number of nitrogens with zero attached hydrogens (tertiary/aromatic N) is 2. The first-order valence-corrected chi connectivity index (χ1v) is 6.37. The predicted molar refractivity (Wildman–Crippen MR) is 70.4 cm³/mol. The first-order chi connectivity index (χ1) is 8.99. The summed E-state index contributed by atoms with van der Waals surface area (Å²) in [6.45, 7) is 0.933. The van der Waals surface area contributed by atoms with Gasteiger partial charge in [0.05, 0.1) is 11.7 Å². The average Bonchev–Trinajstić information content (AvgIpc) is 2.69. The summed E-state index contributed by atoms with van der Waals surface area (Å²) in [4.78, 5) is 15.9. The number of hydrogen-bond donors (Lipinski definition) is 1. The third kappa shape index (κ3) is 3.11. The van der Waals surface area contributed by atoms with Crippen LogP contribution in [-0.4, -0.2) is 60.1 Å². The molecule has 1 aliphatic heterocycles. The molecule has 104 valence electrons. The minimum absolute atomic E-state index is 0.0698. The summed E-state index contributed by atoms with van der Waals surface area (Å²) >= 11 is 0. The Kier molecular flexibility index (Phi) is 4.17. The van der Waals surface area contributed by atoms with Crippen molar-refractivity contribution in [2.45, 2.75) is 18.6 Å². The first kappa shape index (κ1) is 14.0. The molecule has 1 aromatic carbocycles. The van der Waals surface area contributed by atoms with Gasteiger partial charge in [0.1, 0.15) is 5.82 Å². The highest BCUT2D eigenvalue weighted by Gasteiger charge is 2.35. The lowest BCUT2D eigenvalue weighted by molar-refractivity contribution is 0.0694. The minimum atomic E-state index is -0.527. The quantitative estimate of drug-likeness (QED) is 0.886. The summed E-state index contributed by atoms with van der Waals surface area (Å²) in [5, 5.41) is 9.74. The lowest BCUT2D eigenvalue weighted by Gasteiger charge is -2.27. The highest BCUT2D eigenvalue weighted by atomic mass is 19.1. The largest absolute Gasteiger partial charge is 0.391 e. The van der Waals surface area contributed by atoms with Crippen molar-refractivity contribution in [1.29, 1.82) is 0 Å². The molecule has 0 bridgehead atoms. The van der Waals surface area contributed by atoms with Crippen LogP contribution in [0.25, 0.3) is 0 Å². The molecule has 0 radical (unpaired) electrons. The van der Waals surface area contributed by atoms with E-state index in [1.54, 1.807) is 17.0 Å². The van der Waals surface area contributed by atoms with E-state index in [-0.39, 0.29) is 24.1 Å². The van der Waals surface area contributed by atoms with Crippen LogP contribution in [0, 0.1) is 5.82 Å². The zero-order chi connectivity index (χ0) is 14.0. The van der Waals surface area contributed by atoms with E-state index in [1.807, 2.05) is 19.0 Å². The first-order valence-electron chi connectivity index (χ1n) is 6.37. The number of carbonyl (C=O) groups excluding carboxylic acids is 1. The minimum Gasteiger partial charge on any atom is -0.391 e. The van der Waals surface area contributed by atoms with E-state index < -0.39 is 11.9 Å². The third-order valence-corrected chi connectivity index (χ3v) is 3.33. The van der Waals surface area contributed by atoms with E-state index in [1.165, 1.54) is 12.1 Å². The topological polar surface area (TPSA) is 43.8 Å². The van der Waals surface area contributed by atoms with Crippen molar-refractivity contribution in [1.82, 2.24) is 9.80 Å². The lowest BCUT2D eigenvalue weighted by atomic mass is 10.1. The van der Waals surface area contributed by atoms with Crippen molar-refractivity contribution < 1.29 is 14.3 Å². The van der Waals surface area contributed by atoms with E-state index in [4.69, 9.17) is 0 Å². The van der Waals surface area contributed by atoms with Crippen LogP contribution in [-0.2, 0) is 0 Å². The molecule has 1 aliphatic rings. The van der Waals surface area contributed by atoms with Gasteiger partial charge in [-0.3, -0.25) is 4.79 Å². The molecule has 0 saturated carbocycles. The number of carbonyl (C=O) groups is 1. The number of hydrogen-bond acceptors (Lipinski definition) is 3. The van der Waals surface area contributed by atoms with Gasteiger partial charge in [0.2, 0.25) is 0 Å². The summed E-state index contributed by atoms with van der Waals surface area (Å²) in [7, 11) is 3.83. The van der Waals surface area contributed by atoms with Crippen LogP contribution in [0.5, 0.6) is 0 Å². The van der Waals surface area contributed by atoms with Gasteiger partial charge in [-0.15, -0.1) is 0 Å². The smallest absolute Gasteiger partial charge is 0.257 e. The second-order valence-corrected chi connectivity index (χ2v) is 5.24. The van der Waals surface area contributed by atoms with Crippen molar-refractivity contribution in [3.05, 3.63) is 35.6 Å². The maximum absolute atomic E-state index is 13.7. The zero-order valence-electron chi connectivity index (χ0n) is 11.2. The Morgan fingerprint density at radius 2 is 2.16 bits per heavy atom. The Balaban J connectivity index is 2.19. The van der Waals surface area contributed by atoms with Crippen molar-refractivity contribution in [2.75, 3.05) is 27.2 Å². The van der Waals surface area contributed by atoms with E-state index >= 15 is 0 Å². The van der Waals surface area contributed by atoms with Gasteiger partial charge < -0.3 is 14.9 Å². The molecule has 1 fully saturated rings. The van der Waals surface area contributed by atoms with Gasteiger partial charge in [0.25, 0.3) is 5.91 Å². The van der Waals surface area contributed by atoms with Gasteiger partial charge in [0, 0.05) is 19.1 Å². The molecule has 2 unspecified atom stereocenters. The standard InChI is InChI=1S/C14H19FN2O2/c1-16(2)8-10-7-11(18)9-17(10)14(19)12-5-3-4-6-13(12)15/h3-6,10-11,18H,7-9H2,1-2H3. The second kappa shape index (κ2) is 5.67. The highest BCUT2D eigenvalue weighted by Crippen LogP contribution is 2.22. The van der Waals surface area contributed by atoms with Gasteiger partial charge >= 0.3 is 0 Å². The molecule has 0 aromatic heterocycles. The van der Waals surface area contributed by atoms with Gasteiger partial charge in [-0.25, -0.2) is 4.39 Å². The Bertz CT molecular complexity index is 465. The third-order valence-electron chi connectivity index (χ3n) is 3.33. The highest BCUT2D eigenvalue weighted by molar-refractivity contribution is 5.94. The van der Waals surface area contributed by atoms with E-state index in [0.29, 0.717) is 13.0 Å². The van der Waals surface area contributed by atoms with Crippen LogP contribution >= 0.6 is 0 Å². The number of rotatable bonds is 3. The van der Waals surface area contributed by atoms with Gasteiger partial charge in [0.15, 0.2) is 0 Å². The number of amides is 1. The molecule has 2 rings (SSSR count). The van der Waals surface area contributed by atoms with Gasteiger partial charge in [-0.2, -0.15) is 0 Å². The molecule has 0 aliphatic carbocycles. The fourth-order valence-corrected chi connectivity index (χ4v) is 2.52. The number of likely N-dealkylation sites (N-methyl/N-ethyl adjacent to an activating group) is 1. The second-order valence-electron chi connectivity index (χ2n) is 5.24. The van der Waals surface area contributed by atoms with Crippen LogP contribution in [0.2, 0.25) is 0 Å². The Labute approximate surface area is 112 Å². The van der Waals surface area contributed by atoms with Crippen LogP contribution in [0.15, 0.2) is 24.3 Å². The monoisotopic (exact) mass is 266 g/mol. The number of likely N-dealkylation sites (tertiary alicyclic amines) is 1. The zero-order valence-corrected chi connectivity index (χ0v) is 11.2. The molecular formula is C14H19FN2O2. The fourth-order valence-electron chi connectivity index (χ4n) is 2.52. The van der Waals surface area contributed by atoms with E-state index in [9.17, 15) is 14.3 Å². The maximum Gasteiger partial charge on any atom is 0.257 e. The Morgan fingerprint density at radius 3 is 2.79 bits per heavy atom. The molecule has 1 N–H and O–H groups in total. The summed E-state index contributed by atoms with van der Waals surface area (Å²) in [6, 6.07) is 5.89. The lowest BCUT2D eigenvalue weighted by Crippen LogP contribution is -2.41. The normalized spacial score (nSPS) is 23.1. The Hall–Kier alpha value is -1.46. The summed E-state index contributed by atoms with van der Waals surface area (Å²) in [6.07, 6.45) is 0.0129. The average molecular weight is 266 g/mol. The van der Waals surface area contributed by atoms with Gasteiger partial charge in [-0.05, 0) is 32.6 Å². The van der Waals surface area contributed by atoms with Crippen LogP contribution in [0.3, 0.4) is 0 Å². The summed E-state index contributed by atoms with van der Waals surface area (Å²) in [5.74, 6) is -0.862. The molecule has 4 nitrogen and oxygen atoms in total. The molecule has 1 heterocycles. The van der Waals surface area contributed by atoms with Crippen molar-refractivity contribution >= 4 is 5.91 Å².